The molecule has 0 atom stereocenters. The number of nitro groups is 2. The third kappa shape index (κ3) is 6.86. The standard InChI is InChI=1S/C22H24N2O8/c1-2-3-4-11-18(21(25)31-14-16-9-5-7-12-19(16)23(27)28)22(26)32-15-17-10-6-8-13-20(17)24(29)30/h5-10,12-13,18H,2-4,11,14-15H2,1H3. The summed E-state index contributed by atoms with van der Waals surface area (Å²) in [5.41, 5.74) is 0.0152. The molecule has 0 aliphatic carbocycles. The van der Waals surface area contributed by atoms with Crippen molar-refractivity contribution in [1.82, 2.24) is 0 Å². The maximum atomic E-state index is 12.6. The minimum absolute atomic E-state index is 0.180. The average Bonchev–Trinajstić information content (AvgIpc) is 2.79. The lowest BCUT2D eigenvalue weighted by Gasteiger charge is -2.15. The summed E-state index contributed by atoms with van der Waals surface area (Å²) in [6, 6.07) is 11.7. The van der Waals surface area contributed by atoms with Crippen LogP contribution in [0.25, 0.3) is 0 Å². The Morgan fingerprint density at radius 2 is 1.25 bits per heavy atom. The van der Waals surface area contributed by atoms with Crippen LogP contribution in [0.1, 0.15) is 43.7 Å². The van der Waals surface area contributed by atoms with Crippen LogP contribution < -0.4 is 0 Å². The van der Waals surface area contributed by atoms with Gasteiger partial charge in [0.15, 0.2) is 5.92 Å². The quantitative estimate of drug-likeness (QED) is 0.153. The van der Waals surface area contributed by atoms with Crippen molar-refractivity contribution in [2.75, 3.05) is 0 Å². The van der Waals surface area contributed by atoms with Crippen molar-refractivity contribution >= 4 is 23.3 Å². The molecular formula is C22H24N2O8. The van der Waals surface area contributed by atoms with Crippen molar-refractivity contribution in [2.24, 2.45) is 5.92 Å². The van der Waals surface area contributed by atoms with Crippen molar-refractivity contribution < 1.29 is 28.9 Å². The first-order chi connectivity index (χ1) is 15.3. The normalized spacial score (nSPS) is 10.6. The third-order valence-corrected chi connectivity index (χ3v) is 4.78. The predicted molar refractivity (Wildman–Crippen MR) is 113 cm³/mol. The summed E-state index contributed by atoms with van der Waals surface area (Å²) in [6.45, 7) is 1.24. The fraction of sp³-hybridized carbons (Fsp3) is 0.364. The number of esters is 2. The molecule has 170 valence electrons. The molecule has 0 heterocycles. The van der Waals surface area contributed by atoms with Gasteiger partial charge >= 0.3 is 11.9 Å². The van der Waals surface area contributed by atoms with Crippen molar-refractivity contribution in [3.05, 3.63) is 79.9 Å². The molecule has 0 aliphatic heterocycles. The number of nitro benzene ring substituents is 2. The van der Waals surface area contributed by atoms with E-state index in [1.54, 1.807) is 12.1 Å². The Labute approximate surface area is 184 Å². The SMILES string of the molecule is CCCCCC(C(=O)OCc1ccccc1[N+](=O)[O-])C(=O)OCc1ccccc1[N+](=O)[O-]. The van der Waals surface area contributed by atoms with Gasteiger partial charge < -0.3 is 9.47 Å². The van der Waals surface area contributed by atoms with Gasteiger partial charge in [0, 0.05) is 12.1 Å². The summed E-state index contributed by atoms with van der Waals surface area (Å²) in [4.78, 5) is 46.3. The Hall–Kier alpha value is -3.82. The van der Waals surface area contributed by atoms with Crippen LogP contribution in [0.4, 0.5) is 11.4 Å². The number of ether oxygens (including phenoxy) is 2. The number of carbonyl (C=O) groups excluding carboxylic acids is 2. The van der Waals surface area contributed by atoms with E-state index in [1.807, 2.05) is 6.92 Å². The lowest BCUT2D eigenvalue weighted by Crippen LogP contribution is -2.28. The number of hydrogen-bond acceptors (Lipinski definition) is 8. The highest BCUT2D eigenvalue weighted by atomic mass is 16.6. The molecule has 0 aromatic heterocycles. The number of carbonyl (C=O) groups is 2. The second kappa shape index (κ2) is 12.1. The fourth-order valence-corrected chi connectivity index (χ4v) is 3.05. The van der Waals surface area contributed by atoms with E-state index in [1.165, 1.54) is 36.4 Å². The Bertz CT molecular complexity index is 902. The maximum absolute atomic E-state index is 12.6. The summed E-state index contributed by atoms with van der Waals surface area (Å²) in [5.74, 6) is -2.94. The molecule has 0 bridgehead atoms. The van der Waals surface area contributed by atoms with Gasteiger partial charge in [0.25, 0.3) is 11.4 Å². The summed E-state index contributed by atoms with van der Waals surface area (Å²) in [7, 11) is 0. The van der Waals surface area contributed by atoms with E-state index in [4.69, 9.17) is 9.47 Å². The summed E-state index contributed by atoms with van der Waals surface area (Å²) in [5, 5.41) is 22.2. The van der Waals surface area contributed by atoms with E-state index in [2.05, 4.69) is 0 Å². The monoisotopic (exact) mass is 444 g/mol. The van der Waals surface area contributed by atoms with E-state index in [0.717, 1.165) is 12.8 Å². The van der Waals surface area contributed by atoms with Crippen LogP contribution in [0.5, 0.6) is 0 Å². The van der Waals surface area contributed by atoms with Gasteiger partial charge in [0.1, 0.15) is 13.2 Å². The second-order valence-electron chi connectivity index (χ2n) is 7.04. The zero-order valence-electron chi connectivity index (χ0n) is 17.6. The molecule has 0 spiro atoms. The van der Waals surface area contributed by atoms with Gasteiger partial charge in [-0.15, -0.1) is 0 Å². The van der Waals surface area contributed by atoms with Gasteiger partial charge in [-0.05, 0) is 18.6 Å². The van der Waals surface area contributed by atoms with E-state index >= 15 is 0 Å². The van der Waals surface area contributed by atoms with E-state index < -0.39 is 27.7 Å². The fourth-order valence-electron chi connectivity index (χ4n) is 3.05. The zero-order chi connectivity index (χ0) is 23.5. The van der Waals surface area contributed by atoms with Gasteiger partial charge in [-0.3, -0.25) is 29.8 Å². The first kappa shape index (κ1) is 24.4. The lowest BCUT2D eigenvalue weighted by molar-refractivity contribution is -0.386. The average molecular weight is 444 g/mol. The van der Waals surface area contributed by atoms with Gasteiger partial charge in [-0.25, -0.2) is 0 Å². The van der Waals surface area contributed by atoms with Gasteiger partial charge in [0.05, 0.1) is 21.0 Å². The highest BCUT2D eigenvalue weighted by Gasteiger charge is 2.30. The second-order valence-corrected chi connectivity index (χ2v) is 7.04. The molecule has 0 saturated heterocycles. The van der Waals surface area contributed by atoms with Crippen LogP contribution in [0.15, 0.2) is 48.5 Å². The zero-order valence-corrected chi connectivity index (χ0v) is 17.6. The van der Waals surface area contributed by atoms with Crippen LogP contribution in [-0.2, 0) is 32.3 Å². The Balaban J connectivity index is 2.08. The first-order valence-electron chi connectivity index (χ1n) is 10.1. The van der Waals surface area contributed by atoms with Gasteiger partial charge in [-0.1, -0.05) is 50.5 Å². The molecular weight excluding hydrogens is 420 g/mol. The minimum atomic E-state index is -1.23. The van der Waals surface area contributed by atoms with Crippen LogP contribution >= 0.6 is 0 Å². The highest BCUT2D eigenvalue weighted by Crippen LogP contribution is 2.22. The van der Waals surface area contributed by atoms with E-state index in [0.29, 0.717) is 6.42 Å². The predicted octanol–water partition coefficient (Wildman–Crippen LogP) is 4.49. The lowest BCUT2D eigenvalue weighted by atomic mass is 10.0. The first-order valence-corrected chi connectivity index (χ1v) is 10.1. The third-order valence-electron chi connectivity index (χ3n) is 4.78. The molecule has 0 N–H and O–H groups in total. The van der Waals surface area contributed by atoms with Crippen molar-refractivity contribution in [1.29, 1.82) is 0 Å². The molecule has 0 radical (unpaired) electrons. The Morgan fingerprint density at radius 3 is 1.66 bits per heavy atom. The molecule has 0 saturated carbocycles. The van der Waals surface area contributed by atoms with E-state index in [9.17, 15) is 29.8 Å². The van der Waals surface area contributed by atoms with Gasteiger partial charge in [-0.2, -0.15) is 0 Å². The number of nitrogens with zero attached hydrogens (tertiary/aromatic N) is 2. The molecule has 2 aromatic rings. The summed E-state index contributed by atoms with van der Waals surface area (Å²) < 4.78 is 10.4. The Morgan fingerprint density at radius 1 is 0.812 bits per heavy atom. The van der Waals surface area contributed by atoms with Gasteiger partial charge in [0.2, 0.25) is 0 Å². The molecule has 32 heavy (non-hydrogen) atoms. The van der Waals surface area contributed by atoms with Crippen LogP contribution in [-0.4, -0.2) is 21.8 Å². The molecule has 0 unspecified atom stereocenters. The van der Waals surface area contributed by atoms with Crippen LogP contribution in [0, 0.1) is 26.1 Å². The maximum Gasteiger partial charge on any atom is 0.320 e. The minimum Gasteiger partial charge on any atom is -0.460 e. The topological polar surface area (TPSA) is 139 Å². The molecule has 10 heteroatoms. The largest absolute Gasteiger partial charge is 0.460 e. The summed E-state index contributed by atoms with van der Waals surface area (Å²) in [6.07, 6.45) is 2.40. The molecule has 0 fully saturated rings. The van der Waals surface area contributed by atoms with Crippen LogP contribution in [0.3, 0.4) is 0 Å². The molecule has 2 rings (SSSR count). The molecule has 0 amide bonds. The van der Waals surface area contributed by atoms with Crippen molar-refractivity contribution in [3.63, 3.8) is 0 Å². The smallest absolute Gasteiger partial charge is 0.320 e. The van der Waals surface area contributed by atoms with Crippen molar-refractivity contribution in [2.45, 2.75) is 45.8 Å². The Kier molecular flexibility index (Phi) is 9.27. The van der Waals surface area contributed by atoms with Crippen molar-refractivity contribution in [3.8, 4) is 0 Å². The van der Waals surface area contributed by atoms with Crippen LogP contribution in [0.2, 0.25) is 0 Å². The molecule has 0 aliphatic rings. The number of unbranched alkanes of at least 4 members (excludes halogenated alkanes) is 2. The number of para-hydroxylation sites is 2. The molecule has 10 nitrogen and oxygen atoms in total. The highest BCUT2D eigenvalue weighted by molar-refractivity contribution is 5.94. The molecule has 2 aromatic carbocycles. The number of rotatable bonds is 12. The summed E-state index contributed by atoms with van der Waals surface area (Å²) >= 11 is 0. The number of hydrogen-bond donors (Lipinski definition) is 0. The number of benzene rings is 2. The van der Waals surface area contributed by atoms with E-state index in [-0.39, 0.29) is 42.1 Å².